The van der Waals surface area contributed by atoms with Crippen molar-refractivity contribution in [2.45, 2.75) is 13.0 Å². The lowest BCUT2D eigenvalue weighted by Crippen LogP contribution is -2.07. The van der Waals surface area contributed by atoms with Crippen LogP contribution in [0.15, 0.2) is 54.9 Å². The van der Waals surface area contributed by atoms with E-state index in [4.69, 9.17) is 5.73 Å². The third-order valence-corrected chi connectivity index (χ3v) is 3.44. The molecule has 2 heterocycles. The standard InChI is InChI=1S/C17H15N3O/c18-11-14-9-13(6-7-19-14)17(21)10-12-5-8-20-16-4-2-1-3-15(12)16/h1-9H,10-11,18H2. The molecule has 0 spiro atoms. The van der Waals surface area contributed by atoms with Gasteiger partial charge in [-0.05, 0) is 29.8 Å². The van der Waals surface area contributed by atoms with Crippen LogP contribution in [-0.4, -0.2) is 15.8 Å². The Morgan fingerprint density at radius 2 is 1.86 bits per heavy atom. The number of hydrogen-bond acceptors (Lipinski definition) is 4. The molecule has 0 aliphatic heterocycles. The van der Waals surface area contributed by atoms with Gasteiger partial charge in [0.2, 0.25) is 0 Å². The van der Waals surface area contributed by atoms with Gasteiger partial charge in [-0.1, -0.05) is 18.2 Å². The Hall–Kier alpha value is -2.59. The van der Waals surface area contributed by atoms with E-state index >= 15 is 0 Å². The Morgan fingerprint density at radius 3 is 2.71 bits per heavy atom. The molecule has 4 nitrogen and oxygen atoms in total. The molecule has 2 N–H and O–H groups in total. The average Bonchev–Trinajstić information content (AvgIpc) is 2.55. The van der Waals surface area contributed by atoms with E-state index in [2.05, 4.69) is 9.97 Å². The second kappa shape index (κ2) is 5.81. The number of aromatic nitrogens is 2. The van der Waals surface area contributed by atoms with Crippen LogP contribution in [-0.2, 0) is 13.0 Å². The van der Waals surface area contributed by atoms with E-state index in [1.54, 1.807) is 24.5 Å². The minimum absolute atomic E-state index is 0.0588. The van der Waals surface area contributed by atoms with Gasteiger partial charge in [0, 0.05) is 36.3 Å². The van der Waals surface area contributed by atoms with Gasteiger partial charge >= 0.3 is 0 Å². The predicted octanol–water partition coefficient (Wildman–Crippen LogP) is 2.51. The van der Waals surface area contributed by atoms with Crippen molar-refractivity contribution < 1.29 is 4.79 Å². The van der Waals surface area contributed by atoms with Crippen LogP contribution in [0.4, 0.5) is 0 Å². The normalized spacial score (nSPS) is 10.7. The minimum Gasteiger partial charge on any atom is -0.325 e. The molecule has 1 aromatic carbocycles. The van der Waals surface area contributed by atoms with Crippen LogP contribution in [0, 0.1) is 0 Å². The molecule has 3 aromatic rings. The third-order valence-electron chi connectivity index (χ3n) is 3.44. The van der Waals surface area contributed by atoms with Gasteiger partial charge in [-0.3, -0.25) is 14.8 Å². The Labute approximate surface area is 122 Å². The van der Waals surface area contributed by atoms with Crippen LogP contribution in [0.3, 0.4) is 0 Å². The summed E-state index contributed by atoms with van der Waals surface area (Å²) in [5.41, 5.74) is 8.82. The largest absolute Gasteiger partial charge is 0.325 e. The molecule has 0 radical (unpaired) electrons. The minimum atomic E-state index is 0.0588. The van der Waals surface area contributed by atoms with Gasteiger partial charge in [0.25, 0.3) is 0 Å². The van der Waals surface area contributed by atoms with E-state index in [0.29, 0.717) is 18.5 Å². The fraction of sp³-hybridized carbons (Fsp3) is 0.118. The highest BCUT2D eigenvalue weighted by molar-refractivity contribution is 5.99. The summed E-state index contributed by atoms with van der Waals surface area (Å²) in [5, 5.41) is 1.02. The first-order chi connectivity index (χ1) is 10.3. The highest BCUT2D eigenvalue weighted by Gasteiger charge is 2.10. The number of nitrogens with two attached hydrogens (primary N) is 1. The zero-order chi connectivity index (χ0) is 14.7. The zero-order valence-corrected chi connectivity index (χ0v) is 11.5. The Morgan fingerprint density at radius 1 is 1.05 bits per heavy atom. The van der Waals surface area contributed by atoms with E-state index < -0.39 is 0 Å². The van der Waals surface area contributed by atoms with Crippen molar-refractivity contribution in [2.75, 3.05) is 0 Å². The molecule has 0 saturated heterocycles. The summed E-state index contributed by atoms with van der Waals surface area (Å²) in [5.74, 6) is 0.0588. The Kier molecular flexibility index (Phi) is 3.71. The van der Waals surface area contributed by atoms with Gasteiger partial charge in [-0.25, -0.2) is 0 Å². The molecular weight excluding hydrogens is 262 g/mol. The van der Waals surface area contributed by atoms with Gasteiger partial charge in [-0.2, -0.15) is 0 Å². The van der Waals surface area contributed by atoms with Crippen molar-refractivity contribution in [2.24, 2.45) is 5.73 Å². The number of para-hydroxylation sites is 1. The average molecular weight is 277 g/mol. The third kappa shape index (κ3) is 2.80. The molecule has 2 aromatic heterocycles. The van der Waals surface area contributed by atoms with E-state index in [0.717, 1.165) is 22.2 Å². The SMILES string of the molecule is NCc1cc(C(=O)Cc2ccnc3ccccc23)ccn1. The highest BCUT2D eigenvalue weighted by Crippen LogP contribution is 2.18. The molecule has 21 heavy (non-hydrogen) atoms. The molecule has 4 heteroatoms. The van der Waals surface area contributed by atoms with E-state index in [9.17, 15) is 4.79 Å². The maximum atomic E-state index is 12.4. The lowest BCUT2D eigenvalue weighted by Gasteiger charge is -2.06. The van der Waals surface area contributed by atoms with E-state index in [-0.39, 0.29) is 5.78 Å². The number of Topliss-reactive ketones (excluding diaryl/α,β-unsaturated/α-hetero) is 1. The van der Waals surface area contributed by atoms with Crippen molar-refractivity contribution in [3.05, 3.63) is 71.7 Å². The topological polar surface area (TPSA) is 68.9 Å². The summed E-state index contributed by atoms with van der Waals surface area (Å²) in [6.45, 7) is 0.333. The molecule has 0 aliphatic rings. The molecule has 0 saturated carbocycles. The smallest absolute Gasteiger partial charge is 0.167 e. The summed E-state index contributed by atoms with van der Waals surface area (Å²) in [4.78, 5) is 20.9. The zero-order valence-electron chi connectivity index (χ0n) is 11.5. The first-order valence-corrected chi connectivity index (χ1v) is 6.79. The number of carbonyl (C=O) groups is 1. The van der Waals surface area contributed by atoms with Crippen LogP contribution in [0.5, 0.6) is 0 Å². The number of rotatable bonds is 4. The fourth-order valence-electron chi connectivity index (χ4n) is 2.35. The van der Waals surface area contributed by atoms with Gasteiger partial charge in [0.05, 0.1) is 11.2 Å². The van der Waals surface area contributed by atoms with E-state index in [1.165, 1.54) is 0 Å². The number of ketones is 1. The first-order valence-electron chi connectivity index (χ1n) is 6.79. The molecule has 0 bridgehead atoms. The monoisotopic (exact) mass is 277 g/mol. The summed E-state index contributed by atoms with van der Waals surface area (Å²) < 4.78 is 0. The van der Waals surface area contributed by atoms with Gasteiger partial charge < -0.3 is 5.73 Å². The van der Waals surface area contributed by atoms with Gasteiger partial charge in [-0.15, -0.1) is 0 Å². The van der Waals surface area contributed by atoms with Crippen LogP contribution >= 0.6 is 0 Å². The van der Waals surface area contributed by atoms with Crippen molar-refractivity contribution in [3.63, 3.8) is 0 Å². The number of pyridine rings is 2. The maximum Gasteiger partial charge on any atom is 0.167 e. The predicted molar refractivity (Wildman–Crippen MR) is 81.9 cm³/mol. The number of hydrogen-bond donors (Lipinski definition) is 1. The first kappa shape index (κ1) is 13.4. The summed E-state index contributed by atoms with van der Waals surface area (Å²) in [6, 6.07) is 13.2. The molecule has 0 amide bonds. The number of fused-ring (bicyclic) bond motifs is 1. The second-order valence-corrected chi connectivity index (χ2v) is 4.83. The van der Waals surface area contributed by atoms with Crippen molar-refractivity contribution in [1.29, 1.82) is 0 Å². The molecule has 104 valence electrons. The van der Waals surface area contributed by atoms with E-state index in [1.807, 2.05) is 30.3 Å². The Bertz CT molecular complexity index is 793. The maximum absolute atomic E-state index is 12.4. The quantitative estimate of drug-likeness (QED) is 0.744. The van der Waals surface area contributed by atoms with Gasteiger partial charge in [0.15, 0.2) is 5.78 Å². The molecule has 0 aliphatic carbocycles. The lowest BCUT2D eigenvalue weighted by atomic mass is 10.0. The summed E-state index contributed by atoms with van der Waals surface area (Å²) >= 11 is 0. The number of carbonyl (C=O) groups excluding carboxylic acids is 1. The summed E-state index contributed by atoms with van der Waals surface area (Å²) in [6.07, 6.45) is 3.71. The fourth-order valence-corrected chi connectivity index (χ4v) is 2.35. The second-order valence-electron chi connectivity index (χ2n) is 4.83. The molecular formula is C17H15N3O. The molecule has 0 fully saturated rings. The van der Waals surface area contributed by atoms with Crippen LogP contribution in [0.2, 0.25) is 0 Å². The highest BCUT2D eigenvalue weighted by atomic mass is 16.1. The van der Waals surface area contributed by atoms with Crippen molar-refractivity contribution in [1.82, 2.24) is 9.97 Å². The Balaban J connectivity index is 1.93. The van der Waals surface area contributed by atoms with Crippen molar-refractivity contribution in [3.8, 4) is 0 Å². The van der Waals surface area contributed by atoms with Crippen LogP contribution in [0.1, 0.15) is 21.6 Å². The van der Waals surface area contributed by atoms with Gasteiger partial charge in [0.1, 0.15) is 0 Å². The van der Waals surface area contributed by atoms with Crippen molar-refractivity contribution >= 4 is 16.7 Å². The molecule has 0 atom stereocenters. The van der Waals surface area contributed by atoms with Crippen LogP contribution in [0.25, 0.3) is 10.9 Å². The summed E-state index contributed by atoms with van der Waals surface area (Å²) in [7, 11) is 0. The molecule has 0 unspecified atom stereocenters. The van der Waals surface area contributed by atoms with Crippen LogP contribution < -0.4 is 5.73 Å². The number of benzene rings is 1. The number of nitrogens with zero attached hydrogens (tertiary/aromatic N) is 2. The lowest BCUT2D eigenvalue weighted by molar-refractivity contribution is 0.0993. The molecule has 3 rings (SSSR count).